The second kappa shape index (κ2) is 4.63. The topological polar surface area (TPSA) is 20.2 Å². The maximum Gasteiger partial charge on any atom is 0.0924 e. The van der Waals surface area contributed by atoms with Crippen molar-refractivity contribution in [1.82, 2.24) is 0 Å². The van der Waals surface area contributed by atoms with Crippen molar-refractivity contribution in [3.63, 3.8) is 0 Å². The van der Waals surface area contributed by atoms with Gasteiger partial charge in [0.05, 0.1) is 5.60 Å². The van der Waals surface area contributed by atoms with E-state index in [4.69, 9.17) is 0 Å². The van der Waals surface area contributed by atoms with E-state index >= 15 is 0 Å². The maximum atomic E-state index is 11.2. The molecule has 19 heavy (non-hydrogen) atoms. The van der Waals surface area contributed by atoms with Crippen LogP contribution in [0, 0.1) is 32.1 Å². The van der Waals surface area contributed by atoms with Crippen LogP contribution in [0.25, 0.3) is 0 Å². The first-order valence-corrected chi connectivity index (χ1v) is 7.46. The minimum Gasteiger partial charge on any atom is -0.385 e. The highest BCUT2D eigenvalue weighted by Gasteiger charge is 2.44. The summed E-state index contributed by atoms with van der Waals surface area (Å²) in [5.74, 6) is 0.317. The standard InChI is InChI=1S/C18H28O/c1-12-9-14(3)16(10-13(12)2)18(19)8-7-17(5,6)11-15(18)4/h9-10,15,19H,7-8,11H2,1-6H3. The van der Waals surface area contributed by atoms with Crippen LogP contribution >= 0.6 is 0 Å². The van der Waals surface area contributed by atoms with Crippen molar-refractivity contribution in [2.45, 2.75) is 66.4 Å². The van der Waals surface area contributed by atoms with E-state index in [9.17, 15) is 5.11 Å². The fraction of sp³-hybridized carbons (Fsp3) is 0.667. The molecule has 0 bridgehead atoms. The lowest BCUT2D eigenvalue weighted by molar-refractivity contribution is -0.0774. The number of hydrogen-bond donors (Lipinski definition) is 1. The molecule has 106 valence electrons. The Kier molecular flexibility index (Phi) is 3.55. The van der Waals surface area contributed by atoms with Crippen molar-refractivity contribution in [3.05, 3.63) is 34.4 Å². The van der Waals surface area contributed by atoms with Crippen LogP contribution in [0.1, 0.15) is 62.3 Å². The highest BCUT2D eigenvalue weighted by molar-refractivity contribution is 5.40. The Hall–Kier alpha value is -0.820. The smallest absolute Gasteiger partial charge is 0.0924 e. The van der Waals surface area contributed by atoms with Crippen LogP contribution in [-0.2, 0) is 5.60 Å². The molecule has 2 atom stereocenters. The van der Waals surface area contributed by atoms with Gasteiger partial charge in [-0.15, -0.1) is 0 Å². The molecule has 0 spiro atoms. The quantitative estimate of drug-likeness (QED) is 0.779. The van der Waals surface area contributed by atoms with Crippen LogP contribution in [0.4, 0.5) is 0 Å². The van der Waals surface area contributed by atoms with Gasteiger partial charge in [-0.2, -0.15) is 0 Å². The predicted molar refractivity (Wildman–Crippen MR) is 81.3 cm³/mol. The zero-order valence-corrected chi connectivity index (χ0v) is 13.3. The molecule has 1 fully saturated rings. The summed E-state index contributed by atoms with van der Waals surface area (Å²) in [6.07, 6.45) is 3.07. The molecule has 0 aliphatic heterocycles. The summed E-state index contributed by atoms with van der Waals surface area (Å²) in [5, 5.41) is 11.2. The summed E-state index contributed by atoms with van der Waals surface area (Å²) < 4.78 is 0. The Labute approximate surface area is 118 Å². The molecule has 1 aliphatic rings. The average Bonchev–Trinajstić information content (AvgIpc) is 2.29. The molecule has 1 nitrogen and oxygen atoms in total. The zero-order valence-electron chi connectivity index (χ0n) is 13.3. The molecule has 0 saturated heterocycles. The Morgan fingerprint density at radius 3 is 2.16 bits per heavy atom. The van der Waals surface area contributed by atoms with Gasteiger partial charge in [0, 0.05) is 0 Å². The Bertz CT molecular complexity index is 487. The van der Waals surface area contributed by atoms with Crippen LogP contribution in [0.15, 0.2) is 12.1 Å². The third-order valence-electron chi connectivity index (χ3n) is 5.16. The molecule has 0 radical (unpaired) electrons. The Balaban J connectivity index is 2.43. The third-order valence-corrected chi connectivity index (χ3v) is 5.16. The highest BCUT2D eigenvalue weighted by Crippen LogP contribution is 2.49. The molecule has 1 N–H and O–H groups in total. The maximum absolute atomic E-state index is 11.2. The van der Waals surface area contributed by atoms with Crippen LogP contribution in [-0.4, -0.2) is 5.11 Å². The van der Waals surface area contributed by atoms with Gasteiger partial charge in [0.1, 0.15) is 0 Å². The van der Waals surface area contributed by atoms with E-state index in [2.05, 4.69) is 53.7 Å². The first-order valence-electron chi connectivity index (χ1n) is 7.46. The molecular weight excluding hydrogens is 232 g/mol. The van der Waals surface area contributed by atoms with Gasteiger partial charge in [0.2, 0.25) is 0 Å². The summed E-state index contributed by atoms with van der Waals surface area (Å²) in [4.78, 5) is 0. The van der Waals surface area contributed by atoms with Crippen LogP contribution in [0.3, 0.4) is 0 Å². The van der Waals surface area contributed by atoms with Crippen molar-refractivity contribution < 1.29 is 5.11 Å². The lowest BCUT2D eigenvalue weighted by Crippen LogP contribution is -2.42. The van der Waals surface area contributed by atoms with E-state index < -0.39 is 5.60 Å². The molecule has 1 aromatic rings. The van der Waals surface area contributed by atoms with E-state index in [0.717, 1.165) is 24.8 Å². The van der Waals surface area contributed by atoms with E-state index in [-0.39, 0.29) is 0 Å². The molecule has 0 heterocycles. The first kappa shape index (κ1) is 14.6. The number of hydrogen-bond acceptors (Lipinski definition) is 1. The van der Waals surface area contributed by atoms with Gasteiger partial charge in [0.15, 0.2) is 0 Å². The average molecular weight is 260 g/mol. The Morgan fingerprint density at radius 1 is 1.00 bits per heavy atom. The molecule has 0 aromatic heterocycles. The van der Waals surface area contributed by atoms with E-state index in [0.29, 0.717) is 11.3 Å². The predicted octanol–water partition coefficient (Wildman–Crippen LogP) is 4.65. The van der Waals surface area contributed by atoms with Crippen molar-refractivity contribution in [2.24, 2.45) is 11.3 Å². The SMILES string of the molecule is Cc1cc(C)c(C2(O)CCC(C)(C)CC2C)cc1C. The van der Waals surface area contributed by atoms with Gasteiger partial charge in [-0.25, -0.2) is 0 Å². The molecule has 1 aliphatic carbocycles. The van der Waals surface area contributed by atoms with Crippen molar-refractivity contribution in [3.8, 4) is 0 Å². The normalized spacial score (nSPS) is 30.4. The highest BCUT2D eigenvalue weighted by atomic mass is 16.3. The largest absolute Gasteiger partial charge is 0.385 e. The second-order valence-electron chi connectivity index (χ2n) is 7.45. The van der Waals surface area contributed by atoms with Gasteiger partial charge in [-0.3, -0.25) is 0 Å². The summed E-state index contributed by atoms with van der Waals surface area (Å²) in [7, 11) is 0. The van der Waals surface area contributed by atoms with E-state index in [1.54, 1.807) is 0 Å². The number of benzene rings is 1. The van der Waals surface area contributed by atoms with Crippen molar-refractivity contribution in [2.75, 3.05) is 0 Å². The van der Waals surface area contributed by atoms with Gasteiger partial charge >= 0.3 is 0 Å². The number of aryl methyl sites for hydroxylation is 3. The number of aliphatic hydroxyl groups is 1. The monoisotopic (exact) mass is 260 g/mol. The molecular formula is C18H28O. The Morgan fingerprint density at radius 2 is 1.58 bits per heavy atom. The third kappa shape index (κ3) is 2.58. The lowest BCUT2D eigenvalue weighted by atomic mass is 9.62. The number of rotatable bonds is 1. The van der Waals surface area contributed by atoms with Crippen LogP contribution in [0.5, 0.6) is 0 Å². The zero-order chi connectivity index (χ0) is 14.4. The minimum atomic E-state index is -0.641. The molecule has 1 saturated carbocycles. The molecule has 0 amide bonds. The van der Waals surface area contributed by atoms with Crippen molar-refractivity contribution in [1.29, 1.82) is 0 Å². The molecule has 2 unspecified atom stereocenters. The van der Waals surface area contributed by atoms with Gasteiger partial charge in [0.25, 0.3) is 0 Å². The van der Waals surface area contributed by atoms with Gasteiger partial charge in [-0.1, -0.05) is 32.9 Å². The minimum absolute atomic E-state index is 0.317. The molecule has 1 heteroatoms. The van der Waals surface area contributed by atoms with Crippen molar-refractivity contribution >= 4 is 0 Å². The fourth-order valence-electron chi connectivity index (χ4n) is 3.70. The van der Waals surface area contributed by atoms with Crippen LogP contribution < -0.4 is 0 Å². The summed E-state index contributed by atoms with van der Waals surface area (Å²) >= 11 is 0. The van der Waals surface area contributed by atoms with Crippen LogP contribution in [0.2, 0.25) is 0 Å². The van der Waals surface area contributed by atoms with E-state index in [1.165, 1.54) is 16.7 Å². The fourth-order valence-corrected chi connectivity index (χ4v) is 3.70. The van der Waals surface area contributed by atoms with Gasteiger partial charge in [-0.05, 0) is 73.6 Å². The summed E-state index contributed by atoms with van der Waals surface area (Å²) in [6.45, 7) is 13.2. The van der Waals surface area contributed by atoms with E-state index in [1.807, 2.05) is 0 Å². The second-order valence-corrected chi connectivity index (χ2v) is 7.45. The summed E-state index contributed by atoms with van der Waals surface area (Å²) in [6, 6.07) is 4.43. The molecule has 2 rings (SSSR count). The summed E-state index contributed by atoms with van der Waals surface area (Å²) in [5.41, 5.74) is 4.70. The molecule has 1 aromatic carbocycles. The first-order chi connectivity index (χ1) is 8.66. The lowest BCUT2D eigenvalue weighted by Gasteiger charge is -2.46. The van der Waals surface area contributed by atoms with Gasteiger partial charge < -0.3 is 5.11 Å².